The van der Waals surface area contributed by atoms with E-state index in [4.69, 9.17) is 9.26 Å². The van der Waals surface area contributed by atoms with Crippen LogP contribution in [-0.2, 0) is 15.5 Å². The van der Waals surface area contributed by atoms with Crippen molar-refractivity contribution in [2.75, 3.05) is 13.7 Å². The second-order valence-corrected chi connectivity index (χ2v) is 12.4. The molecule has 0 radical (unpaired) electrons. The van der Waals surface area contributed by atoms with Crippen molar-refractivity contribution in [3.63, 3.8) is 0 Å². The van der Waals surface area contributed by atoms with Crippen molar-refractivity contribution in [3.05, 3.63) is 59.7 Å². The van der Waals surface area contributed by atoms with Crippen molar-refractivity contribution in [3.8, 4) is 5.75 Å². The zero-order chi connectivity index (χ0) is 21.2. The summed E-state index contributed by atoms with van der Waals surface area (Å²) in [6.45, 7) is 3.23. The van der Waals surface area contributed by atoms with Gasteiger partial charge in [0.15, 0.2) is 0 Å². The van der Waals surface area contributed by atoms with Gasteiger partial charge in [-0.05, 0) is 96.6 Å². The van der Waals surface area contributed by atoms with Gasteiger partial charge in [0.05, 0.1) is 18.5 Å². The van der Waals surface area contributed by atoms with Gasteiger partial charge in [0.1, 0.15) is 5.75 Å². The van der Waals surface area contributed by atoms with Gasteiger partial charge in [-0.25, -0.2) is 5.09 Å². The zero-order valence-electron chi connectivity index (χ0n) is 18.4. The number of benzene rings is 2. The molecule has 2 saturated carbocycles. The summed E-state index contributed by atoms with van der Waals surface area (Å²) in [6, 6.07) is 16.4. The zero-order valence-corrected chi connectivity index (χ0v) is 19.3. The first-order chi connectivity index (χ1) is 15.0. The van der Waals surface area contributed by atoms with Crippen LogP contribution in [0.15, 0.2) is 48.5 Å². The minimum Gasteiger partial charge on any atom is -0.497 e. The third-order valence-corrected chi connectivity index (χ3v) is 11.0. The molecule has 1 unspecified atom stereocenters. The van der Waals surface area contributed by atoms with E-state index in [1.54, 1.807) is 12.7 Å². The van der Waals surface area contributed by atoms with E-state index in [1.807, 2.05) is 30.3 Å². The van der Waals surface area contributed by atoms with Crippen molar-refractivity contribution in [2.24, 2.45) is 23.2 Å². The Kier molecular flexibility index (Phi) is 4.65. The van der Waals surface area contributed by atoms with E-state index in [0.717, 1.165) is 30.4 Å². The van der Waals surface area contributed by atoms with Crippen LogP contribution in [0.3, 0.4) is 0 Å². The number of rotatable bonds is 2. The second kappa shape index (κ2) is 7.20. The molecule has 1 saturated heterocycles. The first-order valence-corrected chi connectivity index (χ1v) is 13.4. The topological polar surface area (TPSA) is 47.6 Å². The molecule has 0 amide bonds. The second-order valence-electron chi connectivity index (χ2n) is 10.3. The molecule has 2 aromatic carbocycles. The van der Waals surface area contributed by atoms with Gasteiger partial charge in [-0.15, -0.1) is 0 Å². The van der Waals surface area contributed by atoms with E-state index in [1.165, 1.54) is 24.8 Å². The molecule has 1 N–H and O–H groups in total. The largest absolute Gasteiger partial charge is 0.497 e. The molecular weight excluding hydrogens is 405 g/mol. The molecule has 4 aliphatic rings. The third kappa shape index (κ3) is 2.98. The van der Waals surface area contributed by atoms with Crippen LogP contribution in [0.5, 0.6) is 5.75 Å². The summed E-state index contributed by atoms with van der Waals surface area (Å²) in [5, 5.41) is 4.13. The highest BCUT2D eigenvalue weighted by molar-refractivity contribution is 7.65. The number of hydrogen-bond donors (Lipinski definition) is 1. The SMILES string of the molecule is COc1ccc2c(c1)CC[C@@H]1[C@@H]2CC[C@@]2(C)[C@H]1C[C@@H]1CNP(=O)(c3ccccc3)O[C@@H]12. The molecule has 164 valence electrons. The molecule has 0 bridgehead atoms. The molecular formula is C26H32NO3P. The van der Waals surface area contributed by atoms with E-state index in [-0.39, 0.29) is 11.5 Å². The summed E-state index contributed by atoms with van der Waals surface area (Å²) in [7, 11) is -1.25. The normalized spacial score (nSPS) is 40.9. The van der Waals surface area contributed by atoms with Gasteiger partial charge < -0.3 is 9.26 Å². The summed E-state index contributed by atoms with van der Waals surface area (Å²) in [5.41, 5.74) is 3.14. The fraction of sp³-hybridized carbons (Fsp3) is 0.538. The lowest BCUT2D eigenvalue weighted by Crippen LogP contribution is -2.48. The predicted molar refractivity (Wildman–Crippen MR) is 123 cm³/mol. The van der Waals surface area contributed by atoms with Crippen LogP contribution in [0, 0.1) is 23.2 Å². The molecule has 31 heavy (non-hydrogen) atoms. The van der Waals surface area contributed by atoms with Crippen LogP contribution >= 0.6 is 7.52 Å². The Bertz CT molecular complexity index is 1040. The number of methoxy groups -OCH3 is 1. The highest BCUT2D eigenvalue weighted by atomic mass is 31.2. The summed E-state index contributed by atoms with van der Waals surface area (Å²) in [4.78, 5) is 0. The maximum absolute atomic E-state index is 13.8. The summed E-state index contributed by atoms with van der Waals surface area (Å²) >= 11 is 0. The number of ether oxygens (including phenoxy) is 1. The average Bonchev–Trinajstić information content (AvgIpc) is 3.11. The molecule has 1 aliphatic heterocycles. The Labute approximate surface area is 185 Å². The Morgan fingerprint density at radius 1 is 1.16 bits per heavy atom. The van der Waals surface area contributed by atoms with E-state index >= 15 is 0 Å². The molecule has 1 heterocycles. The lowest BCUT2D eigenvalue weighted by Gasteiger charge is -2.51. The molecule has 0 aromatic heterocycles. The molecule has 0 spiro atoms. The monoisotopic (exact) mass is 437 g/mol. The maximum Gasteiger partial charge on any atom is 0.300 e. The van der Waals surface area contributed by atoms with Crippen LogP contribution in [-0.4, -0.2) is 19.8 Å². The van der Waals surface area contributed by atoms with Crippen molar-refractivity contribution >= 4 is 12.8 Å². The number of hydrogen-bond acceptors (Lipinski definition) is 3. The van der Waals surface area contributed by atoms with Gasteiger partial charge in [0.25, 0.3) is 7.52 Å². The standard InChI is InChI=1S/C26H32NO3P/c1-26-13-12-22-21-11-9-19(29-2)14-17(21)8-10-23(22)24(26)15-18-16-27-31(28,30-25(18)26)20-6-4-3-5-7-20/h3-7,9,11,14,18,22-25H,8,10,12-13,15-16H2,1-2H3,(H,27,28)/t18-,22-,23-,24+,25+,26+,31?/m1/s1. The van der Waals surface area contributed by atoms with Gasteiger partial charge in [-0.2, -0.15) is 0 Å². The first kappa shape index (κ1) is 20.0. The molecule has 3 aliphatic carbocycles. The van der Waals surface area contributed by atoms with E-state index in [9.17, 15) is 4.57 Å². The molecule has 2 aromatic rings. The van der Waals surface area contributed by atoms with Gasteiger partial charge in [0, 0.05) is 6.54 Å². The fourth-order valence-electron chi connectivity index (χ4n) is 7.43. The number of fused-ring (bicyclic) bond motifs is 7. The van der Waals surface area contributed by atoms with Crippen molar-refractivity contribution in [2.45, 2.75) is 51.0 Å². The van der Waals surface area contributed by atoms with Gasteiger partial charge in [0.2, 0.25) is 0 Å². The van der Waals surface area contributed by atoms with Crippen LogP contribution < -0.4 is 15.1 Å². The fourth-order valence-corrected chi connectivity index (χ4v) is 9.58. The highest BCUT2D eigenvalue weighted by Gasteiger charge is 2.61. The van der Waals surface area contributed by atoms with E-state index in [0.29, 0.717) is 23.7 Å². The molecule has 3 fully saturated rings. The highest BCUT2D eigenvalue weighted by Crippen LogP contribution is 2.66. The minimum absolute atomic E-state index is 0.0861. The van der Waals surface area contributed by atoms with Crippen LogP contribution in [0.2, 0.25) is 0 Å². The molecule has 4 nitrogen and oxygen atoms in total. The Morgan fingerprint density at radius 2 is 2.00 bits per heavy atom. The maximum atomic E-state index is 13.8. The van der Waals surface area contributed by atoms with Crippen LogP contribution in [0.4, 0.5) is 0 Å². The lowest BCUT2D eigenvalue weighted by molar-refractivity contribution is -0.0219. The Balaban J connectivity index is 1.30. The van der Waals surface area contributed by atoms with Gasteiger partial charge in [-0.1, -0.05) is 31.2 Å². The molecule has 5 heteroatoms. The van der Waals surface area contributed by atoms with E-state index < -0.39 is 7.52 Å². The van der Waals surface area contributed by atoms with Gasteiger partial charge >= 0.3 is 0 Å². The first-order valence-electron chi connectivity index (χ1n) is 11.8. The average molecular weight is 438 g/mol. The molecule has 6 rings (SSSR count). The lowest BCUT2D eigenvalue weighted by atomic mass is 9.55. The van der Waals surface area contributed by atoms with Crippen molar-refractivity contribution in [1.82, 2.24) is 5.09 Å². The third-order valence-electron chi connectivity index (χ3n) is 8.93. The van der Waals surface area contributed by atoms with Crippen LogP contribution in [0.25, 0.3) is 0 Å². The quantitative estimate of drug-likeness (QED) is 0.649. The molecule has 7 atom stereocenters. The van der Waals surface area contributed by atoms with E-state index in [2.05, 4.69) is 30.2 Å². The van der Waals surface area contributed by atoms with Crippen LogP contribution in [0.1, 0.15) is 49.7 Å². The van der Waals surface area contributed by atoms with Crippen molar-refractivity contribution < 1.29 is 13.8 Å². The minimum atomic E-state index is -3.00. The predicted octanol–water partition coefficient (Wildman–Crippen LogP) is 5.28. The smallest absolute Gasteiger partial charge is 0.300 e. The number of aryl methyl sites for hydroxylation is 1. The summed E-state index contributed by atoms with van der Waals surface area (Å²) in [6.07, 6.45) is 6.01. The Morgan fingerprint density at radius 3 is 2.81 bits per heavy atom. The Hall–Kier alpha value is -1.61. The van der Waals surface area contributed by atoms with Gasteiger partial charge in [-0.3, -0.25) is 4.57 Å². The summed E-state index contributed by atoms with van der Waals surface area (Å²) in [5.74, 6) is 3.41. The number of nitrogens with one attached hydrogen (secondary N) is 1. The van der Waals surface area contributed by atoms with Crippen molar-refractivity contribution in [1.29, 1.82) is 0 Å². The summed E-state index contributed by atoms with van der Waals surface area (Å²) < 4.78 is 25.8.